The third kappa shape index (κ3) is 6.59. The number of thiocarbonyl (C=S) groups is 1. The molecule has 0 aromatic carbocycles. The second-order valence-electron chi connectivity index (χ2n) is 12.0. The van der Waals surface area contributed by atoms with Gasteiger partial charge in [-0.15, -0.1) is 11.3 Å². The Labute approximate surface area is 261 Å². The lowest BCUT2D eigenvalue weighted by molar-refractivity contribution is -0.147. The Kier molecular flexibility index (Phi) is 9.45. The maximum absolute atomic E-state index is 14.9. The maximum Gasteiger partial charge on any atom is 0.310 e. The number of nitrogens with zero attached hydrogens (tertiary/aromatic N) is 5. The zero-order valence-electron chi connectivity index (χ0n) is 25.0. The summed E-state index contributed by atoms with van der Waals surface area (Å²) < 4.78 is 20.5. The summed E-state index contributed by atoms with van der Waals surface area (Å²) >= 11 is 7.20. The van der Waals surface area contributed by atoms with Crippen LogP contribution in [0.25, 0.3) is 0 Å². The van der Waals surface area contributed by atoms with E-state index in [-0.39, 0.29) is 18.4 Å². The number of carboxylic acid groups (broad SMARTS) is 1. The number of aliphatic carboxylic acids is 1. The number of amidine groups is 1. The lowest BCUT2D eigenvalue weighted by Crippen LogP contribution is -2.53. The fourth-order valence-corrected chi connectivity index (χ4v) is 6.96. The molecule has 2 saturated heterocycles. The van der Waals surface area contributed by atoms with Gasteiger partial charge in [-0.1, -0.05) is 12.2 Å². The number of allylic oxidation sites excluding steroid dienone is 2. The van der Waals surface area contributed by atoms with Crippen molar-refractivity contribution in [1.29, 1.82) is 0 Å². The molecule has 0 saturated carbocycles. The van der Waals surface area contributed by atoms with Crippen molar-refractivity contribution in [3.05, 3.63) is 51.2 Å². The quantitative estimate of drug-likeness (QED) is 0.354. The number of Topliss-reactive ketones (excluding diaryl/α,β-unsaturated/α-hetero) is 1. The summed E-state index contributed by atoms with van der Waals surface area (Å²) in [6, 6.07) is -0.592. The molecule has 1 aromatic heterocycles. The standard InChI is InChI=1S/C30H39FN6O4S2/c1-5-41-16-23(38)24-22(15-35-10-11-37-19(13-35)14-36(29(37)42)17-30(3,4)28(39)40)33-26(27-32-9-12-43-27)34-25(24)20-7-6-8-21(31)18(20)2/h6-7,9,12,19,21,25H,5,8,10-11,13-17H2,1-4H3,(H,33,34)(H,39,40)/t19-,21?,25+/m1/s1. The number of hydrogen-bond donors (Lipinski definition) is 2. The van der Waals surface area contributed by atoms with E-state index in [1.54, 1.807) is 33.0 Å². The molecule has 0 amide bonds. The summed E-state index contributed by atoms with van der Waals surface area (Å²) in [4.78, 5) is 41.4. The number of carboxylic acids is 1. The minimum absolute atomic E-state index is 0.0935. The highest BCUT2D eigenvalue weighted by atomic mass is 32.1. The van der Waals surface area contributed by atoms with Gasteiger partial charge in [0.1, 0.15) is 18.8 Å². The van der Waals surface area contributed by atoms with E-state index in [1.807, 2.05) is 23.3 Å². The number of halogens is 1. The van der Waals surface area contributed by atoms with Gasteiger partial charge < -0.3 is 25.0 Å². The van der Waals surface area contributed by atoms with Crippen LogP contribution < -0.4 is 5.32 Å². The second kappa shape index (κ2) is 12.9. The highest BCUT2D eigenvalue weighted by Crippen LogP contribution is 2.33. The topological polar surface area (TPSA) is 111 Å². The number of thiazole rings is 1. The number of alkyl halides is 1. The summed E-state index contributed by atoms with van der Waals surface area (Å²) in [6.45, 7) is 10.8. The van der Waals surface area contributed by atoms with E-state index in [2.05, 4.69) is 20.1 Å². The van der Waals surface area contributed by atoms with E-state index in [0.717, 1.165) is 0 Å². The van der Waals surface area contributed by atoms with Crippen molar-refractivity contribution in [3.8, 4) is 0 Å². The molecule has 10 nitrogen and oxygen atoms in total. The number of carbonyl (C=O) groups is 2. The molecular formula is C30H39FN6O4S2. The monoisotopic (exact) mass is 630 g/mol. The van der Waals surface area contributed by atoms with Gasteiger partial charge in [-0.2, -0.15) is 0 Å². The van der Waals surface area contributed by atoms with Crippen LogP contribution in [0, 0.1) is 5.41 Å². The van der Waals surface area contributed by atoms with Crippen LogP contribution in [0.3, 0.4) is 0 Å². The SMILES string of the molecule is CCOCC(=O)C1=C(CN2CCN3C(=S)N(CC(C)(C)C(=O)O)C[C@H]3C2)NC(c2nccs2)=N[C@H]1C1=C(C)C(F)CC=C1. The first-order valence-corrected chi connectivity index (χ1v) is 15.9. The van der Waals surface area contributed by atoms with Crippen LogP contribution in [0.1, 0.15) is 39.1 Å². The summed E-state index contributed by atoms with van der Waals surface area (Å²) in [5, 5.41) is 16.3. The van der Waals surface area contributed by atoms with E-state index in [0.29, 0.717) is 90.7 Å². The summed E-state index contributed by atoms with van der Waals surface area (Å²) in [5.74, 6) is -0.486. The molecule has 4 aliphatic rings. The highest BCUT2D eigenvalue weighted by Gasteiger charge is 2.42. The number of aliphatic imine (C=N–C) groups is 1. The summed E-state index contributed by atoms with van der Waals surface area (Å²) in [7, 11) is 0. The largest absolute Gasteiger partial charge is 0.481 e. The fourth-order valence-electron chi connectivity index (χ4n) is 5.99. The van der Waals surface area contributed by atoms with E-state index in [9.17, 15) is 19.1 Å². The van der Waals surface area contributed by atoms with Gasteiger partial charge in [0.25, 0.3) is 0 Å². The van der Waals surface area contributed by atoms with Crippen LogP contribution in [0.5, 0.6) is 0 Å². The average Bonchev–Trinajstić information content (AvgIpc) is 3.61. The lowest BCUT2D eigenvalue weighted by Gasteiger charge is -2.39. The van der Waals surface area contributed by atoms with Gasteiger partial charge in [0, 0.05) is 75.1 Å². The molecule has 43 heavy (non-hydrogen) atoms. The molecule has 5 rings (SSSR count). The van der Waals surface area contributed by atoms with Gasteiger partial charge in [-0.25, -0.2) is 9.37 Å². The number of nitrogens with one attached hydrogen (secondary N) is 1. The summed E-state index contributed by atoms with van der Waals surface area (Å²) in [5.41, 5.74) is 1.54. The number of aromatic nitrogens is 1. The summed E-state index contributed by atoms with van der Waals surface area (Å²) in [6.07, 6.45) is 4.57. The third-order valence-electron chi connectivity index (χ3n) is 8.42. The van der Waals surface area contributed by atoms with Crippen LogP contribution in [-0.2, 0) is 14.3 Å². The maximum atomic E-state index is 14.9. The number of hydrogen-bond acceptors (Lipinski definition) is 9. The number of rotatable bonds is 11. The number of fused-ring (bicyclic) bond motifs is 1. The molecule has 13 heteroatoms. The van der Waals surface area contributed by atoms with E-state index < -0.39 is 23.6 Å². The molecule has 1 aliphatic carbocycles. The Balaban J connectivity index is 1.45. The Morgan fingerprint density at radius 3 is 2.79 bits per heavy atom. The predicted molar refractivity (Wildman–Crippen MR) is 168 cm³/mol. The number of ketones is 1. The second-order valence-corrected chi connectivity index (χ2v) is 13.2. The highest BCUT2D eigenvalue weighted by molar-refractivity contribution is 7.80. The molecule has 2 fully saturated rings. The third-order valence-corrected chi connectivity index (χ3v) is 9.69. The van der Waals surface area contributed by atoms with Gasteiger partial charge in [0.15, 0.2) is 21.7 Å². The minimum Gasteiger partial charge on any atom is -0.481 e. The number of carbonyl (C=O) groups excluding carboxylic acids is 1. The number of piperazine rings is 1. The molecule has 0 spiro atoms. The molecule has 1 aromatic rings. The van der Waals surface area contributed by atoms with Gasteiger partial charge >= 0.3 is 5.97 Å². The van der Waals surface area contributed by atoms with Crippen LogP contribution in [-0.4, -0.2) is 118 Å². The van der Waals surface area contributed by atoms with Crippen molar-refractivity contribution in [3.63, 3.8) is 0 Å². The van der Waals surface area contributed by atoms with Crippen LogP contribution in [0.15, 0.2) is 51.1 Å². The average molecular weight is 631 g/mol. The molecule has 0 bridgehead atoms. The zero-order chi connectivity index (χ0) is 30.9. The molecule has 3 aliphatic heterocycles. The fraction of sp³-hybridized carbons (Fsp3) is 0.567. The van der Waals surface area contributed by atoms with Crippen LogP contribution in [0.2, 0.25) is 0 Å². The number of ether oxygens (including phenoxy) is 1. The molecule has 2 N–H and O–H groups in total. The van der Waals surface area contributed by atoms with Crippen molar-refractivity contribution in [2.45, 2.75) is 52.4 Å². The first kappa shape index (κ1) is 31.4. The first-order chi connectivity index (χ1) is 20.5. The van der Waals surface area contributed by atoms with Crippen molar-refractivity contribution >= 4 is 46.3 Å². The normalized spacial score (nSPS) is 24.8. The molecule has 1 unspecified atom stereocenters. The van der Waals surface area contributed by atoms with E-state index in [1.165, 1.54) is 11.3 Å². The zero-order valence-corrected chi connectivity index (χ0v) is 26.6. The van der Waals surface area contributed by atoms with Crippen molar-refractivity contribution in [2.24, 2.45) is 10.4 Å². The van der Waals surface area contributed by atoms with Crippen molar-refractivity contribution in [2.75, 3.05) is 52.5 Å². The smallest absolute Gasteiger partial charge is 0.310 e. The minimum atomic E-state index is -1.13. The van der Waals surface area contributed by atoms with E-state index in [4.69, 9.17) is 21.9 Å². The van der Waals surface area contributed by atoms with Crippen LogP contribution >= 0.6 is 23.6 Å². The van der Waals surface area contributed by atoms with Gasteiger partial charge in [0.05, 0.1) is 11.5 Å². The molecular weight excluding hydrogens is 592 g/mol. The molecule has 232 valence electrons. The first-order valence-electron chi connectivity index (χ1n) is 14.6. The lowest BCUT2D eigenvalue weighted by atomic mass is 9.85. The Morgan fingerprint density at radius 2 is 2.09 bits per heavy atom. The molecule has 3 atom stereocenters. The van der Waals surface area contributed by atoms with Crippen LogP contribution in [0.4, 0.5) is 4.39 Å². The van der Waals surface area contributed by atoms with Gasteiger partial charge in [-0.3, -0.25) is 19.5 Å². The Bertz CT molecular complexity index is 1390. The van der Waals surface area contributed by atoms with E-state index >= 15 is 0 Å². The molecule has 0 radical (unpaired) electrons. The van der Waals surface area contributed by atoms with Gasteiger partial charge in [0.2, 0.25) is 0 Å². The Hall–Kier alpha value is -3.00. The predicted octanol–water partition coefficient (Wildman–Crippen LogP) is 3.03. The Morgan fingerprint density at radius 1 is 1.30 bits per heavy atom. The van der Waals surface area contributed by atoms with Crippen molar-refractivity contribution < 1.29 is 23.8 Å². The van der Waals surface area contributed by atoms with Gasteiger partial charge in [-0.05, 0) is 51.1 Å². The van der Waals surface area contributed by atoms with Crippen molar-refractivity contribution in [1.82, 2.24) is 25.0 Å². The molecule has 4 heterocycles.